The molecule has 4 N–H and O–H groups in total. The number of hydrogen-bond donors (Lipinski definition) is 4. The van der Waals surface area contributed by atoms with Crippen molar-refractivity contribution in [1.29, 1.82) is 0 Å². The summed E-state index contributed by atoms with van der Waals surface area (Å²) in [5.74, 6) is -1.19. The molecule has 0 aromatic heterocycles. The first-order chi connectivity index (χ1) is 20.1. The molecule has 5 amide bonds. The zero-order valence-corrected chi connectivity index (χ0v) is 30.1. The maximum atomic E-state index is 13.9. The third-order valence-electron chi connectivity index (χ3n) is 7.31. The molecule has 4 unspecified atom stereocenters. The lowest BCUT2D eigenvalue weighted by Gasteiger charge is -2.37. The standard InChI is InChI=1S/C30H56F2N6O4S2/c1-28(2,3)21(18-37(10)43-11)35-27(42)36-23(29(4,5)6)26(41)38-15-12-13-20(38)25(40)34-19(17-22(31)32)24(39)33-14-16-44-30(7,8)9/h19-23H,12-18H2,1-11H3,(H,33,39)(H,34,40)(H2,35,36,42). The van der Waals surface area contributed by atoms with E-state index in [2.05, 4.69) is 21.3 Å². The lowest BCUT2D eigenvalue weighted by atomic mass is 9.85. The summed E-state index contributed by atoms with van der Waals surface area (Å²) in [6, 6.07) is -4.05. The second kappa shape index (κ2) is 17.2. The highest BCUT2D eigenvalue weighted by Gasteiger charge is 2.43. The zero-order chi connectivity index (χ0) is 34.0. The Bertz CT molecular complexity index is 969. The molecule has 14 heteroatoms. The van der Waals surface area contributed by atoms with Crippen LogP contribution in [0.15, 0.2) is 0 Å². The van der Waals surface area contributed by atoms with E-state index >= 15 is 0 Å². The summed E-state index contributed by atoms with van der Waals surface area (Å²) in [5.41, 5.74) is -0.957. The van der Waals surface area contributed by atoms with E-state index in [1.165, 1.54) is 4.90 Å². The predicted molar refractivity (Wildman–Crippen MR) is 177 cm³/mol. The van der Waals surface area contributed by atoms with Crippen LogP contribution < -0.4 is 21.3 Å². The van der Waals surface area contributed by atoms with Gasteiger partial charge < -0.3 is 26.2 Å². The number of carbonyl (C=O) groups is 4. The van der Waals surface area contributed by atoms with Gasteiger partial charge in [-0.05, 0) is 37.0 Å². The van der Waals surface area contributed by atoms with Gasteiger partial charge in [0.15, 0.2) is 0 Å². The maximum absolute atomic E-state index is 13.9. The second-order valence-electron chi connectivity index (χ2n) is 14.5. The summed E-state index contributed by atoms with van der Waals surface area (Å²) >= 11 is 3.17. The molecule has 256 valence electrons. The number of halogens is 2. The number of nitrogens with zero attached hydrogens (tertiary/aromatic N) is 2. The normalized spacial score (nSPS) is 18.2. The molecule has 0 bridgehead atoms. The van der Waals surface area contributed by atoms with Crippen molar-refractivity contribution in [1.82, 2.24) is 30.5 Å². The number of likely N-dealkylation sites (N-methyl/N-ethyl adjacent to an activating group) is 1. The number of carbonyl (C=O) groups excluding carboxylic acids is 4. The van der Waals surface area contributed by atoms with Gasteiger partial charge in [-0.2, -0.15) is 11.8 Å². The molecule has 0 aromatic rings. The first-order valence-corrected chi connectivity index (χ1v) is 17.4. The lowest BCUT2D eigenvalue weighted by molar-refractivity contribution is -0.142. The number of rotatable bonds is 14. The molecule has 0 aliphatic carbocycles. The Hall–Kier alpha value is -1.80. The number of urea groups is 1. The Kier molecular flexibility index (Phi) is 15.7. The monoisotopic (exact) mass is 666 g/mol. The fourth-order valence-electron chi connectivity index (χ4n) is 4.65. The third-order valence-corrected chi connectivity index (χ3v) is 9.36. The fourth-order valence-corrected chi connectivity index (χ4v) is 5.76. The van der Waals surface area contributed by atoms with Gasteiger partial charge in [-0.1, -0.05) is 74.3 Å². The Labute approximate surface area is 271 Å². The minimum Gasteiger partial charge on any atom is -0.353 e. The number of amides is 5. The summed E-state index contributed by atoms with van der Waals surface area (Å²) in [5, 5.41) is 11.0. The van der Waals surface area contributed by atoms with E-state index in [4.69, 9.17) is 0 Å². The van der Waals surface area contributed by atoms with Gasteiger partial charge in [-0.15, -0.1) is 0 Å². The second-order valence-corrected chi connectivity index (χ2v) is 17.4. The molecular formula is C30H56F2N6O4S2. The first kappa shape index (κ1) is 40.2. The van der Waals surface area contributed by atoms with Gasteiger partial charge in [0.25, 0.3) is 0 Å². The zero-order valence-electron chi connectivity index (χ0n) is 28.4. The summed E-state index contributed by atoms with van der Waals surface area (Å²) < 4.78 is 28.8. The van der Waals surface area contributed by atoms with Crippen LogP contribution in [0.3, 0.4) is 0 Å². The Morgan fingerprint density at radius 3 is 2.07 bits per heavy atom. The van der Waals surface area contributed by atoms with E-state index in [1.54, 1.807) is 23.7 Å². The molecule has 1 saturated heterocycles. The number of likely N-dealkylation sites (tertiary alicyclic amines) is 1. The van der Waals surface area contributed by atoms with Crippen molar-refractivity contribution in [2.75, 3.05) is 38.7 Å². The van der Waals surface area contributed by atoms with Crippen LogP contribution in [-0.4, -0.2) is 107 Å². The molecule has 0 aromatic carbocycles. The largest absolute Gasteiger partial charge is 0.353 e. The van der Waals surface area contributed by atoms with Crippen LogP contribution in [0.2, 0.25) is 0 Å². The Balaban J connectivity index is 3.04. The smallest absolute Gasteiger partial charge is 0.315 e. The summed E-state index contributed by atoms with van der Waals surface area (Å²) in [6.45, 7) is 18.8. The fraction of sp³-hybridized carbons (Fsp3) is 0.867. The topological polar surface area (TPSA) is 123 Å². The van der Waals surface area contributed by atoms with E-state index in [0.29, 0.717) is 25.1 Å². The van der Waals surface area contributed by atoms with E-state index < -0.39 is 60.1 Å². The number of alkyl halides is 2. The summed E-state index contributed by atoms with van der Waals surface area (Å²) in [4.78, 5) is 54.6. The predicted octanol–water partition coefficient (Wildman–Crippen LogP) is 4.10. The van der Waals surface area contributed by atoms with Crippen molar-refractivity contribution < 1.29 is 28.0 Å². The van der Waals surface area contributed by atoms with Gasteiger partial charge >= 0.3 is 6.03 Å². The first-order valence-electron chi connectivity index (χ1n) is 15.2. The van der Waals surface area contributed by atoms with Gasteiger partial charge in [0.05, 0.1) is 0 Å². The highest BCUT2D eigenvalue weighted by atomic mass is 32.2. The minimum atomic E-state index is -2.81. The molecular weight excluding hydrogens is 610 g/mol. The van der Waals surface area contributed by atoms with E-state index in [0.717, 1.165) is 0 Å². The lowest BCUT2D eigenvalue weighted by Crippen LogP contribution is -2.61. The maximum Gasteiger partial charge on any atom is 0.315 e. The molecule has 0 radical (unpaired) electrons. The highest BCUT2D eigenvalue weighted by Crippen LogP contribution is 2.27. The van der Waals surface area contributed by atoms with Crippen LogP contribution in [0, 0.1) is 10.8 Å². The molecule has 44 heavy (non-hydrogen) atoms. The summed E-state index contributed by atoms with van der Waals surface area (Å²) in [7, 11) is 1.94. The molecule has 10 nitrogen and oxygen atoms in total. The SMILES string of the molecule is CSN(C)CC(NC(=O)NC(C(=O)N1CCCC1C(=O)NC(CC(F)F)C(=O)NCCSC(C)(C)C)C(C)(C)C)C(C)(C)C. The van der Waals surface area contributed by atoms with Crippen LogP contribution in [0.5, 0.6) is 0 Å². The van der Waals surface area contributed by atoms with Crippen LogP contribution in [0.4, 0.5) is 13.6 Å². The third kappa shape index (κ3) is 14.1. The van der Waals surface area contributed by atoms with Crippen molar-refractivity contribution in [3.05, 3.63) is 0 Å². The van der Waals surface area contributed by atoms with E-state index in [-0.39, 0.29) is 29.3 Å². The molecule has 4 atom stereocenters. The van der Waals surface area contributed by atoms with Crippen molar-refractivity contribution >= 4 is 47.5 Å². The van der Waals surface area contributed by atoms with Crippen LogP contribution in [-0.2, 0) is 14.4 Å². The average molecular weight is 667 g/mol. The minimum absolute atomic E-state index is 0.0144. The molecule has 1 aliphatic heterocycles. The molecule has 1 rings (SSSR count). The van der Waals surface area contributed by atoms with Crippen molar-refractivity contribution in [2.24, 2.45) is 10.8 Å². The van der Waals surface area contributed by atoms with Gasteiger partial charge in [-0.25, -0.2) is 13.6 Å². The Morgan fingerprint density at radius 1 is 0.955 bits per heavy atom. The summed E-state index contributed by atoms with van der Waals surface area (Å²) in [6.07, 6.45) is -0.851. The molecule has 0 saturated carbocycles. The number of thioether (sulfide) groups is 1. The van der Waals surface area contributed by atoms with Crippen LogP contribution >= 0.6 is 23.7 Å². The molecule has 0 spiro atoms. The van der Waals surface area contributed by atoms with Crippen LogP contribution in [0.25, 0.3) is 0 Å². The van der Waals surface area contributed by atoms with Crippen LogP contribution in [0.1, 0.15) is 81.6 Å². The van der Waals surface area contributed by atoms with Gasteiger partial charge in [-0.3, -0.25) is 18.7 Å². The van der Waals surface area contributed by atoms with Gasteiger partial charge in [0.2, 0.25) is 24.1 Å². The van der Waals surface area contributed by atoms with E-state index in [1.807, 2.05) is 79.9 Å². The quantitative estimate of drug-likeness (QED) is 0.163. The van der Waals surface area contributed by atoms with E-state index in [9.17, 15) is 28.0 Å². The number of hydrogen-bond acceptors (Lipinski definition) is 7. The number of nitrogens with one attached hydrogen (secondary N) is 4. The van der Waals surface area contributed by atoms with Crippen molar-refractivity contribution in [3.8, 4) is 0 Å². The molecule has 1 aliphatic rings. The Morgan fingerprint density at radius 2 is 1.57 bits per heavy atom. The molecule has 1 heterocycles. The average Bonchev–Trinajstić information content (AvgIpc) is 3.36. The van der Waals surface area contributed by atoms with Gasteiger partial charge in [0.1, 0.15) is 18.1 Å². The molecule has 1 fully saturated rings. The highest BCUT2D eigenvalue weighted by molar-refractivity contribution is 8.00. The van der Waals surface area contributed by atoms with Crippen molar-refractivity contribution in [3.63, 3.8) is 0 Å². The van der Waals surface area contributed by atoms with Crippen molar-refractivity contribution in [2.45, 2.75) is 117 Å². The van der Waals surface area contributed by atoms with Gasteiger partial charge in [0, 0.05) is 42.6 Å².